The van der Waals surface area contributed by atoms with Gasteiger partial charge in [0.25, 0.3) is 0 Å². The number of aliphatic imine (C=N–C) groups is 1. The van der Waals surface area contributed by atoms with Gasteiger partial charge in [-0.15, -0.1) is 11.8 Å². The fourth-order valence-corrected chi connectivity index (χ4v) is 9.65. The van der Waals surface area contributed by atoms with Crippen LogP contribution in [-0.4, -0.2) is 37.3 Å². The van der Waals surface area contributed by atoms with E-state index in [1.807, 2.05) is 5.55 Å². The second-order valence-corrected chi connectivity index (χ2v) is 11.2. The van der Waals surface area contributed by atoms with Gasteiger partial charge in [-0.1, -0.05) is 91.0 Å². The van der Waals surface area contributed by atoms with Crippen LogP contribution in [0.25, 0.3) is 0 Å². The molecular formula is C22H22N2SSi. The van der Waals surface area contributed by atoms with Crippen LogP contribution in [0.3, 0.4) is 0 Å². The van der Waals surface area contributed by atoms with Crippen molar-refractivity contribution in [2.24, 2.45) is 4.99 Å². The van der Waals surface area contributed by atoms with Gasteiger partial charge in [-0.3, -0.25) is 9.56 Å². The lowest BCUT2D eigenvalue weighted by Gasteiger charge is -2.43. The van der Waals surface area contributed by atoms with Crippen LogP contribution in [-0.2, 0) is 0 Å². The molecule has 0 aliphatic carbocycles. The molecule has 2 nitrogen and oxygen atoms in total. The van der Waals surface area contributed by atoms with Crippen LogP contribution in [0.2, 0.25) is 0 Å². The van der Waals surface area contributed by atoms with E-state index in [0.717, 1.165) is 5.75 Å². The van der Waals surface area contributed by atoms with Crippen molar-refractivity contribution in [3.8, 4) is 0 Å². The molecule has 0 radical (unpaired) electrons. The van der Waals surface area contributed by atoms with Gasteiger partial charge in [0.2, 0.25) is 8.24 Å². The highest BCUT2D eigenvalue weighted by atomic mass is 32.2. The lowest BCUT2D eigenvalue weighted by atomic mass is 10.3. The summed E-state index contributed by atoms with van der Waals surface area (Å²) in [5, 5.41) is 4.19. The Bertz CT molecular complexity index is 772. The topological polar surface area (TPSA) is 15.6 Å². The van der Waals surface area contributed by atoms with Crippen LogP contribution in [0, 0.1) is 0 Å². The normalized spacial score (nSPS) is 16.9. The molecule has 4 heteroatoms. The highest BCUT2D eigenvalue weighted by Crippen LogP contribution is 2.21. The van der Waals surface area contributed by atoms with Crippen molar-refractivity contribution in [1.29, 1.82) is 0 Å². The average Bonchev–Trinajstić information content (AvgIpc) is 3.26. The van der Waals surface area contributed by atoms with Crippen molar-refractivity contribution < 1.29 is 0 Å². The molecule has 0 amide bonds. The molecular weight excluding hydrogens is 352 g/mol. The first-order valence-electron chi connectivity index (χ1n) is 8.86. The molecule has 0 saturated carbocycles. The van der Waals surface area contributed by atoms with Gasteiger partial charge in [0.15, 0.2) is 0 Å². The number of rotatable bonds is 5. The zero-order valence-corrected chi connectivity index (χ0v) is 16.6. The van der Waals surface area contributed by atoms with Gasteiger partial charge >= 0.3 is 0 Å². The van der Waals surface area contributed by atoms with Crippen molar-refractivity contribution >= 4 is 41.1 Å². The molecule has 1 atom stereocenters. The summed E-state index contributed by atoms with van der Waals surface area (Å²) in [6, 6.07) is 33.0. The van der Waals surface area contributed by atoms with Gasteiger partial charge in [-0.2, -0.15) is 0 Å². The Labute approximate surface area is 160 Å². The zero-order chi connectivity index (χ0) is 17.8. The van der Waals surface area contributed by atoms with E-state index < -0.39 is 8.24 Å². The molecule has 1 aliphatic heterocycles. The van der Waals surface area contributed by atoms with Gasteiger partial charge < -0.3 is 0 Å². The monoisotopic (exact) mass is 374 g/mol. The van der Waals surface area contributed by atoms with Crippen LogP contribution in [0.4, 0.5) is 0 Å². The largest absolute Gasteiger partial charge is 0.294 e. The maximum absolute atomic E-state index is 4.78. The quantitative estimate of drug-likeness (QED) is 0.504. The van der Waals surface area contributed by atoms with E-state index in [2.05, 4.69) is 103 Å². The number of nitrogens with zero attached hydrogens (tertiary/aromatic N) is 2. The van der Waals surface area contributed by atoms with E-state index >= 15 is 0 Å². The second kappa shape index (κ2) is 7.62. The molecule has 0 saturated heterocycles. The number of hydrogen-bond acceptors (Lipinski definition) is 3. The third-order valence-corrected chi connectivity index (χ3v) is 10.7. The van der Waals surface area contributed by atoms with E-state index in [0.29, 0.717) is 0 Å². The Morgan fingerprint density at radius 3 is 1.54 bits per heavy atom. The molecule has 0 fully saturated rings. The van der Waals surface area contributed by atoms with Crippen LogP contribution < -0.4 is 15.6 Å². The first-order valence-corrected chi connectivity index (χ1v) is 11.9. The van der Waals surface area contributed by atoms with Gasteiger partial charge in [0, 0.05) is 5.75 Å². The first kappa shape index (κ1) is 17.3. The van der Waals surface area contributed by atoms with E-state index in [9.17, 15) is 0 Å². The predicted octanol–water partition coefficient (Wildman–Crippen LogP) is 2.69. The Morgan fingerprint density at radius 2 is 1.19 bits per heavy atom. The minimum atomic E-state index is -2.39. The molecule has 0 spiro atoms. The number of hydrogen-bond donors (Lipinski definition) is 0. The van der Waals surface area contributed by atoms with Crippen LogP contribution in [0.1, 0.15) is 0 Å². The van der Waals surface area contributed by atoms with Crippen LogP contribution >= 0.6 is 11.8 Å². The number of thioether (sulfide) groups is 1. The highest BCUT2D eigenvalue weighted by Gasteiger charge is 2.46. The fraction of sp³-hybridized carbons (Fsp3) is 0.136. The molecule has 1 unspecified atom stereocenters. The summed E-state index contributed by atoms with van der Waals surface area (Å²) in [6.07, 6.45) is 0.201. The van der Waals surface area contributed by atoms with Crippen molar-refractivity contribution in [3.05, 3.63) is 91.0 Å². The molecule has 130 valence electrons. The summed E-state index contributed by atoms with van der Waals surface area (Å²) < 4.78 is 2.56. The molecule has 0 aromatic heterocycles. The van der Waals surface area contributed by atoms with Gasteiger partial charge in [-0.25, -0.2) is 0 Å². The molecule has 3 aromatic carbocycles. The second-order valence-electron chi connectivity index (χ2n) is 6.49. The minimum absolute atomic E-state index is 0.201. The molecule has 3 aromatic rings. The standard InChI is InChI=1S/C22H22N2SSi/c1-24(22-17-25-18-23-22)26(19-11-5-2-6-12-19,20-13-7-3-8-14-20)21-15-9-4-10-16-21/h2-16,18,22H,17H2,1H3. The summed E-state index contributed by atoms with van der Waals surface area (Å²) in [4.78, 5) is 4.78. The Hall–Kier alpha value is -2.14. The Morgan fingerprint density at radius 1 is 0.769 bits per heavy atom. The third-order valence-electron chi connectivity index (χ3n) is 5.10. The third kappa shape index (κ3) is 2.94. The predicted molar refractivity (Wildman–Crippen MR) is 116 cm³/mol. The lowest BCUT2D eigenvalue weighted by molar-refractivity contribution is 0.428. The van der Waals surface area contributed by atoms with Crippen molar-refractivity contribution in [2.75, 3.05) is 12.8 Å². The van der Waals surface area contributed by atoms with Crippen molar-refractivity contribution in [3.63, 3.8) is 0 Å². The molecule has 0 N–H and O–H groups in total. The molecule has 1 aliphatic rings. The van der Waals surface area contributed by atoms with E-state index in [1.165, 1.54) is 15.6 Å². The Kier molecular flexibility index (Phi) is 5.06. The summed E-state index contributed by atoms with van der Waals surface area (Å²) in [6.45, 7) is 0. The maximum Gasteiger partial charge on any atom is 0.226 e. The van der Waals surface area contributed by atoms with Crippen molar-refractivity contribution in [2.45, 2.75) is 6.17 Å². The number of benzene rings is 3. The van der Waals surface area contributed by atoms with Gasteiger partial charge in [0.1, 0.15) is 6.17 Å². The van der Waals surface area contributed by atoms with Gasteiger partial charge in [-0.05, 0) is 22.6 Å². The van der Waals surface area contributed by atoms with E-state index in [1.54, 1.807) is 11.8 Å². The SMILES string of the molecule is CN(C1CSC=N1)[Si](c1ccccc1)(c1ccccc1)c1ccccc1. The summed E-state index contributed by atoms with van der Waals surface area (Å²) in [5.41, 5.74) is 2.00. The smallest absolute Gasteiger partial charge is 0.226 e. The maximum atomic E-state index is 4.78. The average molecular weight is 375 g/mol. The summed E-state index contributed by atoms with van der Waals surface area (Å²) in [5.74, 6) is 1.01. The zero-order valence-electron chi connectivity index (χ0n) is 14.8. The first-order chi connectivity index (χ1) is 12.8. The summed E-state index contributed by atoms with van der Waals surface area (Å²) in [7, 11) is -0.129. The van der Waals surface area contributed by atoms with E-state index in [4.69, 9.17) is 4.99 Å². The Balaban J connectivity index is 2.01. The van der Waals surface area contributed by atoms with Crippen LogP contribution in [0.5, 0.6) is 0 Å². The fourth-order valence-electron chi connectivity index (χ4n) is 3.87. The molecule has 4 rings (SSSR count). The molecule has 0 bridgehead atoms. The molecule has 26 heavy (non-hydrogen) atoms. The minimum Gasteiger partial charge on any atom is -0.294 e. The van der Waals surface area contributed by atoms with Gasteiger partial charge in [0.05, 0.1) is 5.55 Å². The molecule has 1 heterocycles. The summed E-state index contributed by atoms with van der Waals surface area (Å²) >= 11 is 1.80. The van der Waals surface area contributed by atoms with Crippen LogP contribution in [0.15, 0.2) is 96.0 Å². The highest BCUT2D eigenvalue weighted by molar-refractivity contribution is 8.12. The lowest BCUT2D eigenvalue weighted by Crippen LogP contribution is -2.77. The van der Waals surface area contributed by atoms with Crippen molar-refractivity contribution in [1.82, 2.24) is 4.57 Å². The van der Waals surface area contributed by atoms with E-state index in [-0.39, 0.29) is 6.17 Å².